The third-order valence-electron chi connectivity index (χ3n) is 10.8. The Labute approximate surface area is 213 Å². The first-order chi connectivity index (χ1) is 15.8. The SMILES string of the molecule is [Fe].[cH-]1[cH-][cH-][cH-][cH-]1.c1cc[c-](CP(C2C3CC4CC(C3)CC2C4)C2C3CC4CC(C3)CC2C4)c1. The summed E-state index contributed by atoms with van der Waals surface area (Å²) in [5.41, 5.74) is 4.01. The molecule has 2 aromatic rings. The zero-order chi connectivity index (χ0) is 21.1. The summed E-state index contributed by atoms with van der Waals surface area (Å²) >= 11 is 0. The average Bonchev–Trinajstić information content (AvgIpc) is 3.49. The summed E-state index contributed by atoms with van der Waals surface area (Å²) in [6, 6.07) is 19.5. The molecule has 184 valence electrons. The van der Waals surface area contributed by atoms with Crippen LogP contribution in [0.1, 0.15) is 69.8 Å². The van der Waals surface area contributed by atoms with Crippen LogP contribution in [0.4, 0.5) is 0 Å². The molecule has 8 fully saturated rings. The Morgan fingerprint density at radius 2 is 0.879 bits per heavy atom. The van der Waals surface area contributed by atoms with E-state index in [1.807, 2.05) is 30.3 Å². The molecule has 8 saturated carbocycles. The van der Waals surface area contributed by atoms with E-state index in [-0.39, 0.29) is 25.0 Å². The molecule has 0 N–H and O–H groups in total. The summed E-state index contributed by atoms with van der Waals surface area (Å²) in [6.07, 6.45) is 17.7. The van der Waals surface area contributed by atoms with Crippen molar-refractivity contribution in [3.05, 3.63) is 60.2 Å². The van der Waals surface area contributed by atoms with Gasteiger partial charge in [0.25, 0.3) is 0 Å². The molecule has 0 nitrogen and oxygen atoms in total. The molecule has 8 bridgehead atoms. The zero-order valence-electron chi connectivity index (χ0n) is 20.0. The molecule has 0 atom stereocenters. The van der Waals surface area contributed by atoms with Crippen molar-refractivity contribution in [3.63, 3.8) is 0 Å². The van der Waals surface area contributed by atoms with Crippen molar-refractivity contribution in [3.8, 4) is 0 Å². The molecule has 0 aromatic heterocycles. The molecule has 33 heavy (non-hydrogen) atoms. The molecule has 0 unspecified atom stereocenters. The van der Waals surface area contributed by atoms with E-state index in [4.69, 9.17) is 0 Å². The summed E-state index contributed by atoms with van der Waals surface area (Å²) in [5, 5.41) is 0. The maximum Gasteiger partial charge on any atom is 0 e. The maximum atomic E-state index is 2.46. The fourth-order valence-electron chi connectivity index (χ4n) is 10.3. The Kier molecular flexibility index (Phi) is 6.71. The van der Waals surface area contributed by atoms with E-state index in [2.05, 4.69) is 24.3 Å². The Balaban J connectivity index is 0.000000308. The van der Waals surface area contributed by atoms with E-state index in [1.165, 1.54) is 6.16 Å². The van der Waals surface area contributed by atoms with E-state index < -0.39 is 0 Å². The Morgan fingerprint density at radius 3 is 1.21 bits per heavy atom. The van der Waals surface area contributed by atoms with Crippen LogP contribution in [-0.4, -0.2) is 11.3 Å². The Hall–Kier alpha value is -0.351. The van der Waals surface area contributed by atoms with E-state index in [1.54, 1.807) is 69.8 Å². The molecule has 0 amide bonds. The first-order valence-corrected chi connectivity index (χ1v) is 15.6. The van der Waals surface area contributed by atoms with Crippen LogP contribution in [-0.2, 0) is 23.2 Å². The predicted molar refractivity (Wildman–Crippen MR) is 136 cm³/mol. The molecule has 10 rings (SSSR count). The van der Waals surface area contributed by atoms with Crippen LogP contribution in [0.3, 0.4) is 0 Å². The molecule has 2 aromatic carbocycles. The third-order valence-corrected chi connectivity index (χ3v) is 14.7. The number of rotatable bonds is 4. The van der Waals surface area contributed by atoms with Gasteiger partial charge in [-0.3, -0.25) is 0 Å². The van der Waals surface area contributed by atoms with E-state index in [0.717, 1.165) is 58.7 Å². The van der Waals surface area contributed by atoms with Crippen molar-refractivity contribution in [2.75, 3.05) is 0 Å². The third kappa shape index (κ3) is 4.39. The fraction of sp³-hybridized carbons (Fsp3) is 0.677. The molecule has 0 radical (unpaired) electrons. The van der Waals surface area contributed by atoms with Crippen LogP contribution < -0.4 is 0 Å². The monoisotopic (exact) mass is 500 g/mol. The summed E-state index contributed by atoms with van der Waals surface area (Å²) < 4.78 is 0. The van der Waals surface area contributed by atoms with Crippen molar-refractivity contribution in [1.29, 1.82) is 0 Å². The molecule has 2 heteroatoms. The van der Waals surface area contributed by atoms with E-state index in [9.17, 15) is 0 Å². The van der Waals surface area contributed by atoms with Gasteiger partial charge in [0.1, 0.15) is 0 Å². The van der Waals surface area contributed by atoms with Crippen LogP contribution >= 0.6 is 7.92 Å². The normalized spacial score (nSPS) is 44.7. The van der Waals surface area contributed by atoms with Gasteiger partial charge in [0.15, 0.2) is 0 Å². The maximum absolute atomic E-state index is 2.46. The molecule has 0 spiro atoms. The average molecular weight is 500 g/mol. The van der Waals surface area contributed by atoms with Gasteiger partial charge in [0, 0.05) is 17.1 Å². The number of hydrogen-bond donors (Lipinski definition) is 0. The van der Waals surface area contributed by atoms with Gasteiger partial charge >= 0.3 is 0 Å². The summed E-state index contributed by atoms with van der Waals surface area (Å²) in [6.45, 7) is 0. The van der Waals surface area contributed by atoms with Crippen LogP contribution in [0.5, 0.6) is 0 Å². The number of hydrogen-bond acceptors (Lipinski definition) is 0. The zero-order valence-corrected chi connectivity index (χ0v) is 22.0. The first-order valence-electron chi connectivity index (χ1n) is 13.9. The molecule has 0 heterocycles. The first kappa shape index (κ1) is 23.1. The molecule has 8 aliphatic carbocycles. The van der Waals surface area contributed by atoms with Crippen molar-refractivity contribution < 1.29 is 17.1 Å². The van der Waals surface area contributed by atoms with Gasteiger partial charge in [0.05, 0.1) is 0 Å². The Bertz CT molecular complexity index is 752. The quantitative estimate of drug-likeness (QED) is 0.225. The minimum Gasteiger partial charge on any atom is -0.748 e. The standard InChI is InChI=1S/C26H36P.C5H5.Fe/c1-2-4-16(3-1)15-27(25-21-7-17-5-18(9-21)10-22(25)8-17)26-23-11-19-6-20(13-23)14-24(26)12-19;1-2-4-5-3-1;/h1-4,17-26H,5-15H2;1-5H;/q-1;-5;. The van der Waals surface area contributed by atoms with Crippen molar-refractivity contribution in [1.82, 2.24) is 0 Å². The van der Waals surface area contributed by atoms with Gasteiger partial charge in [-0.2, -0.15) is 17.7 Å². The summed E-state index contributed by atoms with van der Waals surface area (Å²) in [4.78, 5) is 0. The van der Waals surface area contributed by atoms with Gasteiger partial charge in [-0.05, 0) is 123 Å². The fourth-order valence-corrected chi connectivity index (χ4v) is 14.9. The van der Waals surface area contributed by atoms with Crippen molar-refractivity contribution in [2.45, 2.75) is 81.7 Å². The van der Waals surface area contributed by atoms with Crippen LogP contribution in [0.15, 0.2) is 54.6 Å². The second-order valence-corrected chi connectivity index (χ2v) is 15.3. The second kappa shape index (κ2) is 9.60. The van der Waals surface area contributed by atoms with E-state index in [0.29, 0.717) is 0 Å². The van der Waals surface area contributed by atoms with Gasteiger partial charge in [-0.25, -0.2) is 12.1 Å². The van der Waals surface area contributed by atoms with E-state index >= 15 is 0 Å². The predicted octanol–water partition coefficient (Wildman–Crippen LogP) is 8.44. The summed E-state index contributed by atoms with van der Waals surface area (Å²) in [5.74, 6) is 9.10. The largest absolute Gasteiger partial charge is 0.748 e. The van der Waals surface area contributed by atoms with Crippen molar-refractivity contribution >= 4 is 7.92 Å². The smallest absolute Gasteiger partial charge is 0 e. The van der Waals surface area contributed by atoms with Gasteiger partial charge < -0.3 is 30.3 Å². The van der Waals surface area contributed by atoms with Crippen LogP contribution in [0.2, 0.25) is 0 Å². The molecule has 0 aliphatic heterocycles. The second-order valence-electron chi connectivity index (χ2n) is 12.8. The summed E-state index contributed by atoms with van der Waals surface area (Å²) in [7, 11) is 0.189. The van der Waals surface area contributed by atoms with Crippen LogP contribution in [0.25, 0.3) is 0 Å². The van der Waals surface area contributed by atoms with Gasteiger partial charge in [-0.1, -0.05) is 6.16 Å². The molecule has 0 saturated heterocycles. The van der Waals surface area contributed by atoms with Gasteiger partial charge in [-0.15, -0.1) is 7.92 Å². The van der Waals surface area contributed by atoms with Crippen LogP contribution in [0, 0.1) is 47.3 Å². The van der Waals surface area contributed by atoms with Gasteiger partial charge in [0.2, 0.25) is 0 Å². The molecule has 8 aliphatic rings. The molecular weight excluding hydrogens is 459 g/mol. The Morgan fingerprint density at radius 1 is 0.545 bits per heavy atom. The minimum absolute atomic E-state index is 0. The molecular formula is C31H41FeP-6. The minimum atomic E-state index is 0. The van der Waals surface area contributed by atoms with Crippen molar-refractivity contribution in [2.24, 2.45) is 47.3 Å². The topological polar surface area (TPSA) is 0 Å².